The summed E-state index contributed by atoms with van der Waals surface area (Å²) in [5.41, 5.74) is 2.91. The summed E-state index contributed by atoms with van der Waals surface area (Å²) < 4.78 is 7.38. The number of ether oxygens (including phenoxy) is 1. The van der Waals surface area contributed by atoms with Gasteiger partial charge in [-0.3, -0.25) is 9.36 Å². The molecule has 3 aromatic rings. The lowest BCUT2D eigenvalue weighted by Gasteiger charge is -2.13. The fraction of sp³-hybridized carbons (Fsp3) is 0.200. The van der Waals surface area contributed by atoms with Gasteiger partial charge in [-0.25, -0.2) is 4.98 Å². The van der Waals surface area contributed by atoms with E-state index in [0.29, 0.717) is 11.6 Å². The minimum atomic E-state index is -0.0781. The van der Waals surface area contributed by atoms with Gasteiger partial charge < -0.3 is 10.1 Å². The summed E-state index contributed by atoms with van der Waals surface area (Å²) in [7, 11) is 1.64. The van der Waals surface area contributed by atoms with E-state index in [4.69, 9.17) is 16.3 Å². The van der Waals surface area contributed by atoms with Crippen molar-refractivity contribution in [2.75, 3.05) is 12.9 Å². The van der Waals surface area contributed by atoms with Crippen molar-refractivity contribution in [1.82, 2.24) is 14.9 Å². The van der Waals surface area contributed by atoms with E-state index in [0.717, 1.165) is 27.7 Å². The standard InChI is InChI=1S/C20H20ClN3O2S/c1-14-7-8-18(26-2)17(11-14)24-10-9-22-20(24)27-13-19(25)23-12-15-5-3-4-6-16(15)21/h3-11H,12-13H2,1-2H3,(H,23,25). The van der Waals surface area contributed by atoms with Gasteiger partial charge in [-0.15, -0.1) is 0 Å². The normalized spacial score (nSPS) is 10.6. The molecule has 0 saturated heterocycles. The molecule has 1 N–H and O–H groups in total. The van der Waals surface area contributed by atoms with Gasteiger partial charge >= 0.3 is 0 Å². The highest BCUT2D eigenvalue weighted by Gasteiger charge is 2.13. The summed E-state index contributed by atoms with van der Waals surface area (Å²) in [6, 6.07) is 13.4. The van der Waals surface area contributed by atoms with Crippen LogP contribution < -0.4 is 10.1 Å². The van der Waals surface area contributed by atoms with Crippen LogP contribution in [0.15, 0.2) is 60.0 Å². The van der Waals surface area contributed by atoms with E-state index in [2.05, 4.69) is 10.3 Å². The number of nitrogens with one attached hydrogen (secondary N) is 1. The molecule has 0 aliphatic heterocycles. The largest absolute Gasteiger partial charge is 0.495 e. The smallest absolute Gasteiger partial charge is 0.230 e. The molecule has 0 saturated carbocycles. The van der Waals surface area contributed by atoms with Crippen LogP contribution in [0.1, 0.15) is 11.1 Å². The van der Waals surface area contributed by atoms with Gasteiger partial charge in [0.15, 0.2) is 5.16 Å². The van der Waals surface area contributed by atoms with E-state index < -0.39 is 0 Å². The summed E-state index contributed by atoms with van der Waals surface area (Å²) >= 11 is 7.49. The molecule has 1 aromatic heterocycles. The van der Waals surface area contributed by atoms with Crippen LogP contribution >= 0.6 is 23.4 Å². The Hall–Kier alpha value is -2.44. The number of thioether (sulfide) groups is 1. The molecule has 5 nitrogen and oxygen atoms in total. The number of hydrogen-bond acceptors (Lipinski definition) is 4. The molecule has 2 aromatic carbocycles. The molecule has 0 aliphatic carbocycles. The molecule has 0 atom stereocenters. The number of carbonyl (C=O) groups excluding carboxylic acids is 1. The van der Waals surface area contributed by atoms with E-state index in [-0.39, 0.29) is 11.7 Å². The van der Waals surface area contributed by atoms with Gasteiger partial charge in [-0.2, -0.15) is 0 Å². The van der Waals surface area contributed by atoms with Crippen LogP contribution in [0.4, 0.5) is 0 Å². The predicted octanol–water partition coefficient (Wildman–Crippen LogP) is 4.25. The third kappa shape index (κ3) is 4.84. The number of carbonyl (C=O) groups is 1. The zero-order valence-electron chi connectivity index (χ0n) is 15.1. The van der Waals surface area contributed by atoms with Crippen molar-refractivity contribution in [1.29, 1.82) is 0 Å². The van der Waals surface area contributed by atoms with Gasteiger partial charge in [0.1, 0.15) is 5.75 Å². The zero-order valence-corrected chi connectivity index (χ0v) is 16.7. The average Bonchev–Trinajstić information content (AvgIpc) is 3.14. The van der Waals surface area contributed by atoms with Crippen molar-refractivity contribution in [3.8, 4) is 11.4 Å². The SMILES string of the molecule is COc1ccc(C)cc1-n1ccnc1SCC(=O)NCc1ccccc1Cl. The quantitative estimate of drug-likeness (QED) is 0.601. The van der Waals surface area contributed by atoms with Crippen LogP contribution in [-0.2, 0) is 11.3 Å². The Balaban J connectivity index is 1.65. The van der Waals surface area contributed by atoms with Gasteiger partial charge in [-0.05, 0) is 36.2 Å². The lowest BCUT2D eigenvalue weighted by atomic mass is 10.2. The molecule has 0 fully saturated rings. The molecule has 0 unspecified atom stereocenters. The van der Waals surface area contributed by atoms with E-state index in [1.807, 2.05) is 60.2 Å². The van der Waals surface area contributed by atoms with E-state index >= 15 is 0 Å². The van der Waals surface area contributed by atoms with Crippen molar-refractivity contribution in [2.24, 2.45) is 0 Å². The van der Waals surface area contributed by atoms with E-state index in [1.165, 1.54) is 11.8 Å². The summed E-state index contributed by atoms with van der Waals surface area (Å²) in [6.45, 7) is 2.42. The van der Waals surface area contributed by atoms with Gasteiger partial charge in [0.05, 0.1) is 18.6 Å². The van der Waals surface area contributed by atoms with Crippen molar-refractivity contribution in [3.63, 3.8) is 0 Å². The average molecular weight is 402 g/mol. The lowest BCUT2D eigenvalue weighted by Crippen LogP contribution is -2.24. The summed E-state index contributed by atoms with van der Waals surface area (Å²) in [5.74, 6) is 0.935. The molecule has 0 bridgehead atoms. The van der Waals surface area contributed by atoms with Crippen LogP contribution in [0.2, 0.25) is 5.02 Å². The molecule has 3 rings (SSSR count). The van der Waals surface area contributed by atoms with Gasteiger partial charge in [0, 0.05) is 24.0 Å². The van der Waals surface area contributed by atoms with Crippen molar-refractivity contribution >= 4 is 29.3 Å². The molecule has 27 heavy (non-hydrogen) atoms. The number of aryl methyl sites for hydroxylation is 1. The number of hydrogen-bond donors (Lipinski definition) is 1. The second kappa shape index (κ2) is 8.97. The molecule has 1 heterocycles. The van der Waals surface area contributed by atoms with Crippen LogP contribution in [0.5, 0.6) is 5.75 Å². The maximum atomic E-state index is 12.2. The Kier molecular flexibility index (Phi) is 6.42. The number of aromatic nitrogens is 2. The Morgan fingerprint density at radius 1 is 1.30 bits per heavy atom. The van der Waals surface area contributed by atoms with E-state index in [9.17, 15) is 4.79 Å². The zero-order chi connectivity index (χ0) is 19.2. The highest BCUT2D eigenvalue weighted by atomic mass is 35.5. The number of benzene rings is 2. The predicted molar refractivity (Wildman–Crippen MR) is 109 cm³/mol. The third-order valence-corrected chi connectivity index (χ3v) is 5.30. The number of nitrogens with zero attached hydrogens (tertiary/aromatic N) is 2. The molecule has 0 radical (unpaired) electrons. The van der Waals surface area contributed by atoms with Crippen molar-refractivity contribution in [3.05, 3.63) is 71.0 Å². The molecule has 7 heteroatoms. The van der Waals surface area contributed by atoms with Gasteiger partial charge in [-0.1, -0.05) is 47.6 Å². The highest BCUT2D eigenvalue weighted by Crippen LogP contribution is 2.28. The number of halogens is 1. The molecule has 0 spiro atoms. The summed E-state index contributed by atoms with van der Waals surface area (Å²) in [5, 5.41) is 4.26. The van der Waals surface area contributed by atoms with Crippen LogP contribution in [-0.4, -0.2) is 28.3 Å². The summed E-state index contributed by atoms with van der Waals surface area (Å²) in [4.78, 5) is 16.6. The Labute approximate surface area is 167 Å². The fourth-order valence-corrected chi connectivity index (χ4v) is 3.58. The monoisotopic (exact) mass is 401 g/mol. The molecule has 1 amide bonds. The Morgan fingerprint density at radius 2 is 2.11 bits per heavy atom. The molecule has 0 aliphatic rings. The van der Waals surface area contributed by atoms with Crippen molar-refractivity contribution < 1.29 is 9.53 Å². The number of amides is 1. The molecular formula is C20H20ClN3O2S. The van der Waals surface area contributed by atoms with Crippen LogP contribution in [0.25, 0.3) is 5.69 Å². The number of methoxy groups -OCH3 is 1. The van der Waals surface area contributed by atoms with Crippen LogP contribution in [0.3, 0.4) is 0 Å². The topological polar surface area (TPSA) is 56.2 Å². The first-order valence-corrected chi connectivity index (χ1v) is 9.76. The van der Waals surface area contributed by atoms with Crippen LogP contribution in [0, 0.1) is 6.92 Å². The second-order valence-corrected chi connectivity index (χ2v) is 7.26. The van der Waals surface area contributed by atoms with Crippen molar-refractivity contribution in [2.45, 2.75) is 18.6 Å². The first-order chi connectivity index (χ1) is 13.1. The second-order valence-electron chi connectivity index (χ2n) is 5.91. The number of imidazole rings is 1. The first kappa shape index (κ1) is 19.3. The summed E-state index contributed by atoms with van der Waals surface area (Å²) in [6.07, 6.45) is 3.58. The third-order valence-electron chi connectivity index (χ3n) is 3.97. The molecule has 140 valence electrons. The highest BCUT2D eigenvalue weighted by molar-refractivity contribution is 7.99. The van der Waals surface area contributed by atoms with Gasteiger partial charge in [0.2, 0.25) is 5.91 Å². The maximum absolute atomic E-state index is 12.2. The minimum absolute atomic E-state index is 0.0781. The minimum Gasteiger partial charge on any atom is -0.495 e. The maximum Gasteiger partial charge on any atom is 0.230 e. The number of rotatable bonds is 7. The van der Waals surface area contributed by atoms with E-state index in [1.54, 1.807) is 13.3 Å². The Bertz CT molecular complexity index is 942. The Morgan fingerprint density at radius 3 is 2.89 bits per heavy atom. The fourth-order valence-electron chi connectivity index (χ4n) is 2.58. The van der Waals surface area contributed by atoms with Gasteiger partial charge in [0.25, 0.3) is 0 Å². The first-order valence-electron chi connectivity index (χ1n) is 8.39. The molecular weight excluding hydrogens is 382 g/mol. The lowest BCUT2D eigenvalue weighted by molar-refractivity contribution is -0.118.